The fourth-order valence-electron chi connectivity index (χ4n) is 2.03. The van der Waals surface area contributed by atoms with Crippen molar-refractivity contribution in [3.05, 3.63) is 65.7 Å². The third kappa shape index (κ3) is 6.30. The van der Waals surface area contributed by atoms with Crippen LogP contribution in [0.2, 0.25) is 0 Å². The summed E-state index contributed by atoms with van der Waals surface area (Å²) in [6.07, 6.45) is -0.502. The summed E-state index contributed by atoms with van der Waals surface area (Å²) in [5.41, 5.74) is 2.12. The summed E-state index contributed by atoms with van der Waals surface area (Å²) in [6.45, 7) is 6.29. The van der Waals surface area contributed by atoms with Gasteiger partial charge in [0.15, 0.2) is 0 Å². The van der Waals surface area contributed by atoms with E-state index in [1.165, 1.54) is 0 Å². The standard InChI is InChI=1S/C20H24N2O3/c1-20(2,3)18(23)21-13-15-9-11-17(12-10-15)22-19(24)25-14-16-7-5-4-6-8-16/h4-12H,13-14H2,1-3H3,(H,21,23)(H,22,24). The van der Waals surface area contributed by atoms with Crippen molar-refractivity contribution in [3.8, 4) is 0 Å². The number of rotatable bonds is 5. The van der Waals surface area contributed by atoms with Crippen molar-refractivity contribution in [2.24, 2.45) is 5.41 Å². The number of hydrogen-bond donors (Lipinski definition) is 2. The molecule has 0 heterocycles. The van der Waals surface area contributed by atoms with Crippen LogP contribution >= 0.6 is 0 Å². The maximum Gasteiger partial charge on any atom is 0.411 e. The summed E-state index contributed by atoms with van der Waals surface area (Å²) in [5, 5.41) is 5.57. The molecule has 5 heteroatoms. The second-order valence-electron chi connectivity index (χ2n) is 6.82. The van der Waals surface area contributed by atoms with Crippen molar-refractivity contribution in [3.63, 3.8) is 0 Å². The Morgan fingerprint density at radius 1 is 0.920 bits per heavy atom. The number of benzene rings is 2. The molecule has 2 rings (SSSR count). The maximum atomic E-state index is 11.9. The van der Waals surface area contributed by atoms with Crippen molar-refractivity contribution in [2.75, 3.05) is 5.32 Å². The number of hydrogen-bond acceptors (Lipinski definition) is 3. The number of anilines is 1. The van der Waals surface area contributed by atoms with Gasteiger partial charge in [0.2, 0.25) is 5.91 Å². The normalized spacial score (nSPS) is 10.8. The Morgan fingerprint density at radius 3 is 2.16 bits per heavy atom. The Kier molecular flexibility index (Phi) is 6.17. The summed E-state index contributed by atoms with van der Waals surface area (Å²) in [4.78, 5) is 23.7. The van der Waals surface area contributed by atoms with Crippen LogP contribution < -0.4 is 10.6 Å². The topological polar surface area (TPSA) is 67.4 Å². The van der Waals surface area contributed by atoms with Crippen LogP contribution in [0.15, 0.2) is 54.6 Å². The molecule has 0 saturated heterocycles. The first-order chi connectivity index (χ1) is 11.8. The smallest absolute Gasteiger partial charge is 0.411 e. The van der Waals surface area contributed by atoms with Crippen molar-refractivity contribution >= 4 is 17.7 Å². The van der Waals surface area contributed by atoms with E-state index in [4.69, 9.17) is 4.74 Å². The van der Waals surface area contributed by atoms with Crippen LogP contribution in [-0.2, 0) is 22.7 Å². The van der Waals surface area contributed by atoms with Crippen molar-refractivity contribution < 1.29 is 14.3 Å². The number of amides is 2. The van der Waals surface area contributed by atoms with E-state index in [1.807, 2.05) is 63.2 Å². The lowest BCUT2D eigenvalue weighted by Crippen LogP contribution is -2.34. The first kappa shape index (κ1) is 18.5. The molecule has 0 saturated carbocycles. The first-order valence-corrected chi connectivity index (χ1v) is 8.19. The predicted octanol–water partition coefficient (Wildman–Crippen LogP) is 4.10. The van der Waals surface area contributed by atoms with Gasteiger partial charge in [0.05, 0.1) is 0 Å². The molecule has 0 atom stereocenters. The van der Waals surface area contributed by atoms with Gasteiger partial charge < -0.3 is 10.1 Å². The van der Waals surface area contributed by atoms with Crippen LogP contribution in [0.3, 0.4) is 0 Å². The zero-order valence-corrected chi connectivity index (χ0v) is 14.8. The van der Waals surface area contributed by atoms with Gasteiger partial charge in [0.1, 0.15) is 6.61 Å². The Bertz CT molecular complexity index is 704. The summed E-state index contributed by atoms with van der Waals surface area (Å²) in [7, 11) is 0. The molecule has 0 aliphatic heterocycles. The van der Waals surface area contributed by atoms with E-state index >= 15 is 0 Å². The van der Waals surface area contributed by atoms with Gasteiger partial charge in [0.25, 0.3) is 0 Å². The highest BCUT2D eigenvalue weighted by Crippen LogP contribution is 2.14. The van der Waals surface area contributed by atoms with Gasteiger partial charge in [-0.1, -0.05) is 63.2 Å². The number of carbonyl (C=O) groups excluding carboxylic acids is 2. The van der Waals surface area contributed by atoms with Gasteiger partial charge in [-0.05, 0) is 23.3 Å². The van der Waals surface area contributed by atoms with E-state index in [0.29, 0.717) is 12.2 Å². The third-order valence-corrected chi connectivity index (χ3v) is 3.55. The molecule has 25 heavy (non-hydrogen) atoms. The van der Waals surface area contributed by atoms with E-state index in [-0.39, 0.29) is 12.5 Å². The minimum Gasteiger partial charge on any atom is -0.444 e. The Morgan fingerprint density at radius 2 is 1.56 bits per heavy atom. The second-order valence-corrected chi connectivity index (χ2v) is 6.82. The highest BCUT2D eigenvalue weighted by molar-refractivity contribution is 5.84. The van der Waals surface area contributed by atoms with Gasteiger partial charge in [-0.25, -0.2) is 4.79 Å². The van der Waals surface area contributed by atoms with Crippen LogP contribution in [0, 0.1) is 5.41 Å². The monoisotopic (exact) mass is 340 g/mol. The Hall–Kier alpha value is -2.82. The lowest BCUT2D eigenvalue weighted by molar-refractivity contribution is -0.128. The molecule has 2 aromatic rings. The first-order valence-electron chi connectivity index (χ1n) is 8.19. The van der Waals surface area contributed by atoms with Crippen LogP contribution in [0.4, 0.5) is 10.5 Å². The van der Waals surface area contributed by atoms with Crippen LogP contribution in [0.1, 0.15) is 31.9 Å². The minimum absolute atomic E-state index is 0.000749. The van der Waals surface area contributed by atoms with E-state index in [1.54, 1.807) is 12.1 Å². The van der Waals surface area contributed by atoms with E-state index in [2.05, 4.69) is 10.6 Å². The quantitative estimate of drug-likeness (QED) is 0.861. The zero-order chi connectivity index (χ0) is 18.3. The van der Waals surface area contributed by atoms with Gasteiger partial charge in [-0.2, -0.15) is 0 Å². The Labute approximate surface area is 148 Å². The average molecular weight is 340 g/mol. The zero-order valence-electron chi connectivity index (χ0n) is 14.8. The van der Waals surface area contributed by atoms with Crippen LogP contribution in [0.5, 0.6) is 0 Å². The highest BCUT2D eigenvalue weighted by Gasteiger charge is 2.20. The summed E-state index contributed by atoms with van der Waals surface area (Å²) in [6, 6.07) is 16.8. The lowest BCUT2D eigenvalue weighted by atomic mass is 9.95. The molecule has 0 bridgehead atoms. The lowest BCUT2D eigenvalue weighted by Gasteiger charge is -2.17. The van der Waals surface area contributed by atoms with Crippen molar-refractivity contribution in [2.45, 2.75) is 33.9 Å². The van der Waals surface area contributed by atoms with E-state index in [0.717, 1.165) is 11.1 Å². The number of nitrogens with one attached hydrogen (secondary N) is 2. The molecular formula is C20H24N2O3. The second kappa shape index (κ2) is 8.33. The van der Waals surface area contributed by atoms with Crippen molar-refractivity contribution in [1.82, 2.24) is 5.32 Å². The average Bonchev–Trinajstić information content (AvgIpc) is 2.59. The molecule has 2 N–H and O–H groups in total. The fraction of sp³-hybridized carbons (Fsp3) is 0.300. The Balaban J connectivity index is 1.79. The molecular weight excluding hydrogens is 316 g/mol. The van der Waals surface area contributed by atoms with Crippen molar-refractivity contribution in [1.29, 1.82) is 0 Å². The van der Waals surface area contributed by atoms with Gasteiger partial charge in [-0.3, -0.25) is 10.1 Å². The predicted molar refractivity (Wildman–Crippen MR) is 98.0 cm³/mol. The fourth-order valence-corrected chi connectivity index (χ4v) is 2.03. The summed E-state index contributed by atoms with van der Waals surface area (Å²) < 4.78 is 5.17. The highest BCUT2D eigenvalue weighted by atomic mass is 16.5. The van der Waals surface area contributed by atoms with E-state index < -0.39 is 11.5 Å². The molecule has 2 aromatic carbocycles. The van der Waals surface area contributed by atoms with Crippen LogP contribution in [-0.4, -0.2) is 12.0 Å². The molecule has 2 amide bonds. The maximum absolute atomic E-state index is 11.9. The van der Waals surface area contributed by atoms with Gasteiger partial charge in [0, 0.05) is 17.6 Å². The number of carbonyl (C=O) groups is 2. The molecule has 0 aliphatic carbocycles. The number of ether oxygens (including phenoxy) is 1. The summed E-state index contributed by atoms with van der Waals surface area (Å²) in [5.74, 6) is -0.000749. The summed E-state index contributed by atoms with van der Waals surface area (Å²) >= 11 is 0. The molecule has 0 aliphatic rings. The SMILES string of the molecule is CC(C)(C)C(=O)NCc1ccc(NC(=O)OCc2ccccc2)cc1. The molecule has 0 fully saturated rings. The van der Waals surface area contributed by atoms with E-state index in [9.17, 15) is 9.59 Å². The van der Waals surface area contributed by atoms with Gasteiger partial charge in [-0.15, -0.1) is 0 Å². The molecule has 0 aromatic heterocycles. The molecule has 0 spiro atoms. The van der Waals surface area contributed by atoms with Crippen LogP contribution in [0.25, 0.3) is 0 Å². The molecule has 5 nitrogen and oxygen atoms in total. The third-order valence-electron chi connectivity index (χ3n) is 3.55. The van der Waals surface area contributed by atoms with Gasteiger partial charge >= 0.3 is 6.09 Å². The molecule has 0 radical (unpaired) electrons. The molecule has 0 unspecified atom stereocenters. The minimum atomic E-state index is -0.502. The molecule has 132 valence electrons. The largest absolute Gasteiger partial charge is 0.444 e.